The molecule has 2 heterocycles. The Morgan fingerprint density at radius 1 is 1.07 bits per heavy atom. The SMILES string of the molecule is CC(NC(=O)CN1CCN(C2CCCN(C)C2)CC1)c1ccc2c(c1)CCCC2. The van der Waals surface area contributed by atoms with Crippen molar-refractivity contribution in [3.05, 3.63) is 34.9 Å². The third-order valence-corrected chi connectivity index (χ3v) is 7.14. The van der Waals surface area contributed by atoms with Crippen molar-refractivity contribution in [2.24, 2.45) is 0 Å². The topological polar surface area (TPSA) is 38.8 Å². The molecule has 1 aromatic rings. The molecule has 0 aromatic heterocycles. The molecule has 1 aliphatic carbocycles. The van der Waals surface area contributed by atoms with Gasteiger partial charge < -0.3 is 10.2 Å². The Morgan fingerprint density at radius 3 is 2.59 bits per heavy atom. The smallest absolute Gasteiger partial charge is 0.234 e. The average Bonchev–Trinajstić information content (AvgIpc) is 2.74. The Labute approximate surface area is 176 Å². The maximum absolute atomic E-state index is 12.6. The lowest BCUT2D eigenvalue weighted by Gasteiger charge is -2.42. The van der Waals surface area contributed by atoms with Crippen LogP contribution in [-0.2, 0) is 17.6 Å². The average molecular weight is 399 g/mol. The second-order valence-electron chi connectivity index (χ2n) is 9.39. The second kappa shape index (κ2) is 9.59. The summed E-state index contributed by atoms with van der Waals surface area (Å²) < 4.78 is 0. The number of amides is 1. The number of likely N-dealkylation sites (tertiary alicyclic amines) is 1. The van der Waals surface area contributed by atoms with E-state index >= 15 is 0 Å². The Kier molecular flexibility index (Phi) is 6.88. The highest BCUT2D eigenvalue weighted by Gasteiger charge is 2.27. The summed E-state index contributed by atoms with van der Waals surface area (Å²) in [7, 11) is 2.23. The number of likely N-dealkylation sites (N-methyl/N-ethyl adjacent to an activating group) is 1. The number of hydrogen-bond donors (Lipinski definition) is 1. The van der Waals surface area contributed by atoms with Crippen LogP contribution in [0.25, 0.3) is 0 Å². The Balaban J connectivity index is 1.23. The number of carbonyl (C=O) groups excluding carboxylic acids is 1. The molecule has 4 rings (SSSR count). The first kappa shape index (κ1) is 20.8. The van der Waals surface area contributed by atoms with E-state index in [9.17, 15) is 4.79 Å². The van der Waals surface area contributed by atoms with Crippen LogP contribution in [0.4, 0.5) is 0 Å². The summed E-state index contributed by atoms with van der Waals surface area (Å²) in [5.41, 5.74) is 4.23. The Hall–Kier alpha value is -1.43. The second-order valence-corrected chi connectivity index (χ2v) is 9.39. The van der Waals surface area contributed by atoms with Gasteiger partial charge in [0, 0.05) is 38.8 Å². The molecule has 1 aromatic carbocycles. The first-order valence-corrected chi connectivity index (χ1v) is 11.6. The summed E-state index contributed by atoms with van der Waals surface area (Å²) >= 11 is 0. The number of fused-ring (bicyclic) bond motifs is 1. The van der Waals surface area contributed by atoms with Gasteiger partial charge in [-0.05, 0) is 75.7 Å². The molecular weight excluding hydrogens is 360 g/mol. The van der Waals surface area contributed by atoms with Gasteiger partial charge in [-0.3, -0.25) is 14.6 Å². The first-order chi connectivity index (χ1) is 14.1. The molecule has 0 bridgehead atoms. The first-order valence-electron chi connectivity index (χ1n) is 11.6. The Morgan fingerprint density at radius 2 is 1.83 bits per heavy atom. The lowest BCUT2D eigenvalue weighted by molar-refractivity contribution is -0.123. The van der Waals surface area contributed by atoms with Crippen LogP contribution in [0, 0.1) is 0 Å². The number of rotatable bonds is 5. The van der Waals surface area contributed by atoms with Crippen molar-refractivity contribution in [3.63, 3.8) is 0 Å². The fourth-order valence-electron chi connectivity index (χ4n) is 5.32. The number of piperidine rings is 1. The number of nitrogens with zero attached hydrogens (tertiary/aromatic N) is 3. The number of carbonyl (C=O) groups is 1. The lowest BCUT2D eigenvalue weighted by Crippen LogP contribution is -2.55. The highest BCUT2D eigenvalue weighted by Crippen LogP contribution is 2.25. The number of nitrogens with one attached hydrogen (secondary N) is 1. The molecule has 1 amide bonds. The lowest BCUT2D eigenvalue weighted by atomic mass is 9.89. The van der Waals surface area contributed by atoms with Crippen LogP contribution in [0.3, 0.4) is 0 Å². The van der Waals surface area contributed by atoms with Crippen LogP contribution in [-0.4, -0.2) is 79.5 Å². The summed E-state index contributed by atoms with van der Waals surface area (Å²) in [6.07, 6.45) is 7.63. The number of piperazine rings is 1. The standard InChI is InChI=1S/C24H38N4O/c1-19(21-10-9-20-6-3-4-7-22(20)16-21)25-24(29)18-27-12-14-28(15-13-27)23-8-5-11-26(2)17-23/h9-10,16,19,23H,3-8,11-15,17-18H2,1-2H3,(H,25,29). The molecule has 2 fully saturated rings. The van der Waals surface area contributed by atoms with Gasteiger partial charge >= 0.3 is 0 Å². The normalized spacial score (nSPS) is 25.4. The van der Waals surface area contributed by atoms with Gasteiger partial charge in [0.05, 0.1) is 12.6 Å². The zero-order valence-electron chi connectivity index (χ0n) is 18.3. The molecule has 5 heteroatoms. The van der Waals surface area contributed by atoms with Crippen molar-refractivity contribution in [1.29, 1.82) is 0 Å². The van der Waals surface area contributed by atoms with Crippen molar-refractivity contribution >= 4 is 5.91 Å². The van der Waals surface area contributed by atoms with E-state index in [0.29, 0.717) is 12.6 Å². The molecule has 1 N–H and O–H groups in total. The molecule has 2 unspecified atom stereocenters. The largest absolute Gasteiger partial charge is 0.348 e. The van der Waals surface area contributed by atoms with Gasteiger partial charge in [0.2, 0.25) is 5.91 Å². The summed E-state index contributed by atoms with van der Waals surface area (Å²) in [6.45, 7) is 9.24. The summed E-state index contributed by atoms with van der Waals surface area (Å²) in [5.74, 6) is 0.154. The minimum Gasteiger partial charge on any atom is -0.348 e. The molecule has 160 valence electrons. The predicted molar refractivity (Wildman–Crippen MR) is 118 cm³/mol. The maximum atomic E-state index is 12.6. The Bertz CT molecular complexity index is 698. The van der Waals surface area contributed by atoms with E-state index in [4.69, 9.17) is 0 Å². The molecular formula is C24H38N4O. The highest BCUT2D eigenvalue weighted by molar-refractivity contribution is 5.78. The van der Waals surface area contributed by atoms with Crippen LogP contribution < -0.4 is 5.32 Å². The van der Waals surface area contributed by atoms with Crippen molar-refractivity contribution in [3.8, 4) is 0 Å². The van der Waals surface area contributed by atoms with E-state index in [-0.39, 0.29) is 11.9 Å². The number of benzene rings is 1. The summed E-state index contributed by atoms with van der Waals surface area (Å²) in [5, 5.41) is 3.23. The molecule has 2 atom stereocenters. The van der Waals surface area contributed by atoms with E-state index in [1.165, 1.54) is 68.3 Å². The van der Waals surface area contributed by atoms with E-state index < -0.39 is 0 Å². The molecule has 3 aliphatic rings. The zero-order valence-corrected chi connectivity index (χ0v) is 18.3. The third kappa shape index (κ3) is 5.39. The van der Waals surface area contributed by atoms with E-state index in [1.807, 2.05) is 0 Å². The fourth-order valence-corrected chi connectivity index (χ4v) is 5.32. The van der Waals surface area contributed by atoms with Gasteiger partial charge in [0.25, 0.3) is 0 Å². The number of hydrogen-bond acceptors (Lipinski definition) is 4. The number of aryl methyl sites for hydroxylation is 2. The molecule has 5 nitrogen and oxygen atoms in total. The van der Waals surface area contributed by atoms with Crippen LogP contribution in [0.2, 0.25) is 0 Å². The molecule has 0 spiro atoms. The minimum atomic E-state index is 0.0776. The molecule has 2 saturated heterocycles. The fraction of sp³-hybridized carbons (Fsp3) is 0.708. The zero-order chi connectivity index (χ0) is 20.2. The van der Waals surface area contributed by atoms with Crippen molar-refractivity contribution in [2.75, 3.05) is 52.9 Å². The van der Waals surface area contributed by atoms with Gasteiger partial charge in [-0.2, -0.15) is 0 Å². The van der Waals surface area contributed by atoms with Gasteiger partial charge in [-0.25, -0.2) is 0 Å². The monoisotopic (exact) mass is 398 g/mol. The third-order valence-electron chi connectivity index (χ3n) is 7.14. The van der Waals surface area contributed by atoms with Crippen LogP contribution in [0.15, 0.2) is 18.2 Å². The van der Waals surface area contributed by atoms with Crippen LogP contribution in [0.1, 0.15) is 55.3 Å². The van der Waals surface area contributed by atoms with E-state index in [2.05, 4.69) is 52.2 Å². The predicted octanol–water partition coefficient (Wildman–Crippen LogP) is 2.45. The van der Waals surface area contributed by atoms with Gasteiger partial charge in [0.1, 0.15) is 0 Å². The van der Waals surface area contributed by atoms with Crippen molar-refractivity contribution < 1.29 is 4.79 Å². The van der Waals surface area contributed by atoms with Gasteiger partial charge in [-0.1, -0.05) is 18.2 Å². The highest BCUT2D eigenvalue weighted by atomic mass is 16.2. The molecule has 2 aliphatic heterocycles. The molecule has 0 saturated carbocycles. The van der Waals surface area contributed by atoms with E-state index in [0.717, 1.165) is 26.2 Å². The summed E-state index contributed by atoms with van der Waals surface area (Å²) in [6, 6.07) is 7.57. The maximum Gasteiger partial charge on any atom is 0.234 e. The minimum absolute atomic E-state index is 0.0776. The molecule has 29 heavy (non-hydrogen) atoms. The van der Waals surface area contributed by atoms with E-state index in [1.54, 1.807) is 0 Å². The quantitative estimate of drug-likeness (QED) is 0.827. The van der Waals surface area contributed by atoms with Crippen LogP contribution >= 0.6 is 0 Å². The van der Waals surface area contributed by atoms with Crippen molar-refractivity contribution in [1.82, 2.24) is 20.0 Å². The summed E-state index contributed by atoms with van der Waals surface area (Å²) in [4.78, 5) is 20.0. The van der Waals surface area contributed by atoms with Gasteiger partial charge in [0.15, 0.2) is 0 Å². The molecule has 0 radical (unpaired) electrons. The van der Waals surface area contributed by atoms with Crippen molar-refractivity contribution in [2.45, 2.75) is 57.5 Å². The van der Waals surface area contributed by atoms with Crippen LogP contribution in [0.5, 0.6) is 0 Å². The van der Waals surface area contributed by atoms with Gasteiger partial charge in [-0.15, -0.1) is 0 Å².